The van der Waals surface area contributed by atoms with Crippen molar-refractivity contribution in [3.8, 4) is 0 Å². The molecule has 0 bridgehead atoms. The summed E-state index contributed by atoms with van der Waals surface area (Å²) in [6, 6.07) is 0. The molecule has 0 radical (unpaired) electrons. The predicted molar refractivity (Wildman–Crippen MR) is 51.0 cm³/mol. The molecule has 0 rings (SSSR count). The molecule has 0 heterocycles. The second kappa shape index (κ2) is 8.58. The van der Waals surface area contributed by atoms with Gasteiger partial charge in [0, 0.05) is 26.2 Å². The Hall–Kier alpha value is -0.520. The van der Waals surface area contributed by atoms with E-state index in [1.54, 1.807) is 13.1 Å². The van der Waals surface area contributed by atoms with Gasteiger partial charge in [-0.3, -0.25) is 4.79 Å². The van der Waals surface area contributed by atoms with Crippen LogP contribution >= 0.6 is 12.9 Å². The Labute approximate surface area is 78.0 Å². The van der Waals surface area contributed by atoms with E-state index in [2.05, 4.69) is 27.7 Å². The van der Waals surface area contributed by atoms with Crippen molar-refractivity contribution in [2.45, 2.75) is 0 Å². The van der Waals surface area contributed by atoms with Gasteiger partial charge in [-0.1, -0.05) is 6.08 Å². The maximum atomic E-state index is 10.6. The van der Waals surface area contributed by atoms with Crippen LogP contribution in [0.2, 0.25) is 0 Å². The van der Waals surface area contributed by atoms with Gasteiger partial charge in [0.1, 0.15) is 0 Å². The van der Waals surface area contributed by atoms with Gasteiger partial charge in [-0.2, -0.15) is 0 Å². The number of thiol groups is 1. The number of carbonyl (C=O) groups is 1. The van der Waals surface area contributed by atoms with E-state index in [1.165, 1.54) is 6.08 Å². The summed E-state index contributed by atoms with van der Waals surface area (Å²) in [5.74, 6) is -0.0951. The number of nitrogens with one attached hydrogen (secondary N) is 2. The largest absolute Gasteiger partial charge is 0.356 e. The van der Waals surface area contributed by atoms with Crippen molar-refractivity contribution in [3.63, 3.8) is 0 Å². The number of hydrogen-bond donors (Lipinski definition) is 3. The Morgan fingerprint density at radius 2 is 2.42 bits per heavy atom. The third-order valence-corrected chi connectivity index (χ3v) is 1.33. The zero-order chi connectivity index (χ0) is 9.23. The summed E-state index contributed by atoms with van der Waals surface area (Å²) in [4.78, 5) is 10.6. The van der Waals surface area contributed by atoms with Crippen molar-refractivity contribution >= 4 is 18.8 Å². The second-order valence-electron chi connectivity index (χ2n) is 2.05. The van der Waals surface area contributed by atoms with Crippen LogP contribution in [0.4, 0.5) is 0 Å². The molecule has 0 aliphatic rings. The van der Waals surface area contributed by atoms with Gasteiger partial charge in [-0.25, -0.2) is 0 Å². The zero-order valence-corrected chi connectivity index (χ0v) is 7.93. The van der Waals surface area contributed by atoms with E-state index in [0.29, 0.717) is 13.2 Å². The van der Waals surface area contributed by atoms with Crippen LogP contribution in [-0.2, 0) is 8.98 Å². The Kier molecular flexibility index (Phi) is 8.20. The van der Waals surface area contributed by atoms with E-state index in [9.17, 15) is 4.79 Å². The van der Waals surface area contributed by atoms with E-state index >= 15 is 0 Å². The molecule has 0 aliphatic heterocycles. The maximum absolute atomic E-state index is 10.6. The summed E-state index contributed by atoms with van der Waals surface area (Å²) in [5.41, 5.74) is 0. The van der Waals surface area contributed by atoms with Crippen LogP contribution in [0, 0.1) is 0 Å². The van der Waals surface area contributed by atoms with Crippen molar-refractivity contribution in [2.24, 2.45) is 0 Å². The van der Waals surface area contributed by atoms with Crippen molar-refractivity contribution in [1.82, 2.24) is 10.6 Å². The van der Waals surface area contributed by atoms with Gasteiger partial charge in [-0.05, 0) is 12.9 Å². The number of hydrogen-bond acceptors (Lipinski definition) is 4. The number of carbonyl (C=O) groups excluding carboxylic acids is 1. The second-order valence-corrected chi connectivity index (χ2v) is 2.31. The Morgan fingerprint density at radius 1 is 1.67 bits per heavy atom. The molecule has 0 saturated heterocycles. The molecule has 12 heavy (non-hydrogen) atoms. The molecular formula is C7H14N2O2S. The molecule has 0 spiro atoms. The van der Waals surface area contributed by atoms with E-state index in [4.69, 9.17) is 0 Å². The van der Waals surface area contributed by atoms with Crippen LogP contribution in [0.15, 0.2) is 12.2 Å². The van der Waals surface area contributed by atoms with Gasteiger partial charge < -0.3 is 14.8 Å². The smallest absolute Gasteiger partial charge is 0.243 e. The lowest BCUT2D eigenvalue weighted by Gasteiger charge is -1.97. The highest BCUT2D eigenvalue weighted by Gasteiger charge is 1.86. The Morgan fingerprint density at radius 3 is 3.00 bits per heavy atom. The summed E-state index contributed by atoms with van der Waals surface area (Å²) >= 11 is 3.57. The van der Waals surface area contributed by atoms with Gasteiger partial charge >= 0.3 is 0 Å². The van der Waals surface area contributed by atoms with Crippen LogP contribution in [0.5, 0.6) is 0 Å². The quantitative estimate of drug-likeness (QED) is 0.234. The van der Waals surface area contributed by atoms with Crippen LogP contribution in [0.25, 0.3) is 0 Å². The Balaban J connectivity index is 3.18. The molecule has 1 amide bonds. The Bertz CT molecular complexity index is 150. The monoisotopic (exact) mass is 190 g/mol. The van der Waals surface area contributed by atoms with E-state index in [-0.39, 0.29) is 5.91 Å². The molecule has 0 unspecified atom stereocenters. The lowest BCUT2D eigenvalue weighted by molar-refractivity contribution is -0.116. The molecule has 0 saturated carbocycles. The van der Waals surface area contributed by atoms with E-state index in [0.717, 1.165) is 6.54 Å². The van der Waals surface area contributed by atoms with E-state index < -0.39 is 0 Å². The van der Waals surface area contributed by atoms with Crippen LogP contribution in [0.1, 0.15) is 0 Å². The molecule has 70 valence electrons. The standard InChI is InChI=1S/C7H14N2O2S/c1-8-7(10)3-2-4-9-5-6-11-12/h2-3,9,12H,4-6H2,1H3,(H,8,10)/b3-2+. The summed E-state index contributed by atoms with van der Waals surface area (Å²) in [6.45, 7) is 1.93. The molecule has 2 N–H and O–H groups in total. The minimum atomic E-state index is -0.0951. The van der Waals surface area contributed by atoms with Crippen LogP contribution < -0.4 is 10.6 Å². The fraction of sp³-hybridized carbons (Fsp3) is 0.571. The topological polar surface area (TPSA) is 50.4 Å². The summed E-state index contributed by atoms with van der Waals surface area (Å²) < 4.78 is 4.52. The van der Waals surface area contributed by atoms with Gasteiger partial charge in [0.25, 0.3) is 0 Å². The molecule has 0 aromatic rings. The summed E-state index contributed by atoms with van der Waals surface area (Å²) in [6.07, 6.45) is 3.23. The molecule has 0 aliphatic carbocycles. The normalized spacial score (nSPS) is 10.5. The third kappa shape index (κ3) is 7.59. The van der Waals surface area contributed by atoms with Crippen LogP contribution in [0.3, 0.4) is 0 Å². The van der Waals surface area contributed by atoms with Gasteiger partial charge in [0.2, 0.25) is 5.91 Å². The fourth-order valence-electron chi connectivity index (χ4n) is 0.553. The first kappa shape index (κ1) is 11.5. The first-order valence-electron chi connectivity index (χ1n) is 3.66. The molecule has 0 aromatic heterocycles. The highest BCUT2D eigenvalue weighted by molar-refractivity contribution is 7.75. The minimum absolute atomic E-state index is 0.0951. The number of likely N-dealkylation sites (N-methyl/N-ethyl adjacent to an activating group) is 1. The number of amides is 1. The summed E-state index contributed by atoms with van der Waals surface area (Å²) in [7, 11) is 1.59. The maximum Gasteiger partial charge on any atom is 0.243 e. The minimum Gasteiger partial charge on any atom is -0.356 e. The number of rotatable bonds is 6. The first-order valence-corrected chi connectivity index (χ1v) is 4.03. The van der Waals surface area contributed by atoms with Crippen molar-refractivity contribution in [3.05, 3.63) is 12.2 Å². The SMILES string of the molecule is CNC(=O)/C=C/CNCCOS. The molecule has 0 atom stereocenters. The van der Waals surface area contributed by atoms with Gasteiger partial charge in [-0.15, -0.1) is 0 Å². The fourth-order valence-corrected chi connectivity index (χ4v) is 0.644. The summed E-state index contributed by atoms with van der Waals surface area (Å²) in [5, 5.41) is 5.50. The molecule has 0 fully saturated rings. The highest BCUT2D eigenvalue weighted by atomic mass is 32.1. The van der Waals surface area contributed by atoms with Crippen LogP contribution in [-0.4, -0.2) is 32.7 Å². The average Bonchev–Trinajstić information content (AvgIpc) is 2.10. The van der Waals surface area contributed by atoms with E-state index in [1.807, 2.05) is 0 Å². The molecule has 4 nitrogen and oxygen atoms in total. The molecule has 5 heteroatoms. The van der Waals surface area contributed by atoms with Crippen molar-refractivity contribution in [2.75, 3.05) is 26.7 Å². The average molecular weight is 190 g/mol. The van der Waals surface area contributed by atoms with Crippen molar-refractivity contribution < 1.29 is 8.98 Å². The van der Waals surface area contributed by atoms with Crippen molar-refractivity contribution in [1.29, 1.82) is 0 Å². The third-order valence-electron chi connectivity index (χ3n) is 1.15. The lowest BCUT2D eigenvalue weighted by Crippen LogP contribution is -2.19. The molecule has 0 aromatic carbocycles. The zero-order valence-electron chi connectivity index (χ0n) is 7.04. The van der Waals surface area contributed by atoms with Gasteiger partial charge in [0.15, 0.2) is 0 Å². The highest BCUT2D eigenvalue weighted by Crippen LogP contribution is 1.75. The first-order chi connectivity index (χ1) is 5.81. The lowest BCUT2D eigenvalue weighted by atomic mass is 10.4. The molecular weight excluding hydrogens is 176 g/mol. The predicted octanol–water partition coefficient (Wildman–Crippen LogP) is -0.260. The van der Waals surface area contributed by atoms with Gasteiger partial charge in [0.05, 0.1) is 6.61 Å².